The van der Waals surface area contributed by atoms with Gasteiger partial charge in [0.15, 0.2) is 18.2 Å². The second-order valence-electron chi connectivity index (χ2n) is 5.73. The second kappa shape index (κ2) is 10.9. The molecule has 2 rings (SSSR count). The summed E-state index contributed by atoms with van der Waals surface area (Å²) in [5.74, 6) is -1.92. The molecular formula is C19H20FN3O4S. The number of rotatable bonds is 8. The fraction of sp³-hybridized carbons (Fsp3) is 0.211. The number of hydrogen-bond acceptors (Lipinski definition) is 5. The third-order valence-electron chi connectivity index (χ3n) is 3.30. The summed E-state index contributed by atoms with van der Waals surface area (Å²) in [5.41, 5.74) is 6.08. The van der Waals surface area contributed by atoms with E-state index in [1.807, 2.05) is 25.1 Å². The summed E-state index contributed by atoms with van der Waals surface area (Å²) in [4.78, 5) is 35.1. The Hall–Kier alpha value is -3.07. The molecule has 0 spiro atoms. The van der Waals surface area contributed by atoms with Gasteiger partial charge in [-0.3, -0.25) is 25.2 Å². The van der Waals surface area contributed by atoms with Gasteiger partial charge in [-0.05, 0) is 36.8 Å². The van der Waals surface area contributed by atoms with Gasteiger partial charge in [0.1, 0.15) is 0 Å². The maximum atomic E-state index is 13.4. The first-order chi connectivity index (χ1) is 13.4. The molecule has 0 aliphatic rings. The minimum Gasteiger partial charge on any atom is -0.481 e. The average Bonchev–Trinajstić information content (AvgIpc) is 2.65. The fourth-order valence-electron chi connectivity index (χ4n) is 2.07. The second-order valence-corrected chi connectivity index (χ2v) is 6.71. The molecule has 7 nitrogen and oxygen atoms in total. The number of aryl methyl sites for hydroxylation is 1. The van der Waals surface area contributed by atoms with E-state index in [1.165, 1.54) is 18.2 Å². The van der Waals surface area contributed by atoms with E-state index in [9.17, 15) is 18.8 Å². The summed E-state index contributed by atoms with van der Waals surface area (Å²) in [6.07, 6.45) is 0. The Morgan fingerprint density at radius 1 is 0.964 bits per heavy atom. The molecule has 2 aromatic carbocycles. The van der Waals surface area contributed by atoms with E-state index in [2.05, 4.69) is 16.2 Å². The number of carbonyl (C=O) groups excluding carboxylic acids is 3. The summed E-state index contributed by atoms with van der Waals surface area (Å²) in [6, 6.07) is 13.1. The number of para-hydroxylation sites is 1. The zero-order chi connectivity index (χ0) is 20.4. The lowest BCUT2D eigenvalue weighted by molar-refractivity contribution is -0.128. The highest BCUT2D eigenvalue weighted by Crippen LogP contribution is 2.14. The minimum atomic E-state index is -0.640. The predicted octanol–water partition coefficient (Wildman–Crippen LogP) is 2.03. The van der Waals surface area contributed by atoms with Crippen LogP contribution in [0.25, 0.3) is 0 Å². The number of halogens is 1. The first-order valence-electron chi connectivity index (χ1n) is 8.33. The minimum absolute atomic E-state index is 0.0182. The lowest BCUT2D eigenvalue weighted by Gasteiger charge is -2.09. The number of amides is 3. The molecule has 0 unspecified atom stereocenters. The number of thioether (sulfide) groups is 1. The highest BCUT2D eigenvalue weighted by molar-refractivity contribution is 8.00. The Morgan fingerprint density at radius 2 is 1.68 bits per heavy atom. The molecule has 0 bridgehead atoms. The molecule has 9 heteroatoms. The molecule has 0 aliphatic heterocycles. The van der Waals surface area contributed by atoms with Crippen LogP contribution >= 0.6 is 11.8 Å². The summed E-state index contributed by atoms with van der Waals surface area (Å²) in [5, 5.41) is 2.74. The van der Waals surface area contributed by atoms with E-state index in [4.69, 9.17) is 4.74 Å². The highest BCUT2D eigenvalue weighted by atomic mass is 32.2. The van der Waals surface area contributed by atoms with Crippen molar-refractivity contribution in [3.05, 3.63) is 59.9 Å². The quantitative estimate of drug-likeness (QED) is 0.584. The Kier molecular flexibility index (Phi) is 8.29. The lowest BCUT2D eigenvalue weighted by atomic mass is 10.2. The van der Waals surface area contributed by atoms with Gasteiger partial charge in [-0.1, -0.05) is 24.3 Å². The summed E-state index contributed by atoms with van der Waals surface area (Å²) in [7, 11) is 0. The van der Waals surface area contributed by atoms with Gasteiger partial charge >= 0.3 is 0 Å². The van der Waals surface area contributed by atoms with Gasteiger partial charge in [0.25, 0.3) is 5.91 Å². The molecule has 0 atom stereocenters. The summed E-state index contributed by atoms with van der Waals surface area (Å²) < 4.78 is 18.4. The van der Waals surface area contributed by atoms with E-state index in [0.29, 0.717) is 5.69 Å². The van der Waals surface area contributed by atoms with Crippen LogP contribution < -0.4 is 20.9 Å². The van der Waals surface area contributed by atoms with Gasteiger partial charge in [0.2, 0.25) is 11.8 Å². The van der Waals surface area contributed by atoms with Crippen molar-refractivity contribution in [2.45, 2.75) is 6.92 Å². The third-order valence-corrected chi connectivity index (χ3v) is 4.24. The third kappa shape index (κ3) is 7.67. The standard InChI is InChI=1S/C19H20FN3O4S/c1-13-5-4-6-14(9-13)21-18(25)11-28-12-19(26)23-22-17(24)10-27-16-8-3-2-7-15(16)20/h2-9H,10-12H2,1H3,(H,21,25)(H,22,24)(H,23,26). The largest absolute Gasteiger partial charge is 0.481 e. The van der Waals surface area contributed by atoms with E-state index >= 15 is 0 Å². The van der Waals surface area contributed by atoms with Crippen molar-refractivity contribution in [1.82, 2.24) is 10.9 Å². The maximum Gasteiger partial charge on any atom is 0.276 e. The van der Waals surface area contributed by atoms with E-state index in [0.717, 1.165) is 17.3 Å². The molecule has 0 saturated heterocycles. The number of hydrogen-bond donors (Lipinski definition) is 3. The van der Waals surface area contributed by atoms with E-state index in [-0.39, 0.29) is 23.2 Å². The molecular weight excluding hydrogens is 385 g/mol. The van der Waals surface area contributed by atoms with Gasteiger partial charge < -0.3 is 10.1 Å². The predicted molar refractivity (Wildman–Crippen MR) is 105 cm³/mol. The topological polar surface area (TPSA) is 96.5 Å². The average molecular weight is 405 g/mol. The Balaban J connectivity index is 1.59. The van der Waals surface area contributed by atoms with E-state index < -0.39 is 24.2 Å². The fourth-order valence-corrected chi connectivity index (χ4v) is 2.69. The van der Waals surface area contributed by atoms with Crippen LogP contribution in [-0.4, -0.2) is 35.8 Å². The number of anilines is 1. The van der Waals surface area contributed by atoms with Crippen LogP contribution in [0, 0.1) is 12.7 Å². The van der Waals surface area contributed by atoms with Crippen LogP contribution in [0.2, 0.25) is 0 Å². The van der Waals surface area contributed by atoms with Crippen LogP contribution in [0.3, 0.4) is 0 Å². The van der Waals surface area contributed by atoms with Crippen LogP contribution in [0.5, 0.6) is 5.75 Å². The normalized spacial score (nSPS) is 10.1. The van der Waals surface area contributed by atoms with Gasteiger partial charge in [0.05, 0.1) is 11.5 Å². The first-order valence-corrected chi connectivity index (χ1v) is 9.49. The summed E-state index contributed by atoms with van der Waals surface area (Å²) >= 11 is 1.10. The van der Waals surface area contributed by atoms with Gasteiger partial charge in [-0.15, -0.1) is 11.8 Å². The number of benzene rings is 2. The Labute approximate surface area is 166 Å². The zero-order valence-corrected chi connectivity index (χ0v) is 16.0. The number of hydrazine groups is 1. The number of ether oxygens (including phenoxy) is 1. The summed E-state index contributed by atoms with van der Waals surface area (Å²) in [6.45, 7) is 1.47. The van der Waals surface area contributed by atoms with Crippen LogP contribution in [0.1, 0.15) is 5.56 Å². The first kappa shape index (κ1) is 21.2. The maximum absolute atomic E-state index is 13.4. The highest BCUT2D eigenvalue weighted by Gasteiger charge is 2.09. The van der Waals surface area contributed by atoms with Gasteiger partial charge in [0, 0.05) is 5.69 Å². The molecule has 0 saturated carbocycles. The molecule has 0 aliphatic carbocycles. The van der Waals surface area contributed by atoms with Crippen LogP contribution in [-0.2, 0) is 14.4 Å². The Morgan fingerprint density at radius 3 is 2.43 bits per heavy atom. The smallest absolute Gasteiger partial charge is 0.276 e. The van der Waals surface area contributed by atoms with Crippen molar-refractivity contribution in [3.63, 3.8) is 0 Å². The molecule has 0 heterocycles. The Bertz CT molecular complexity index is 847. The van der Waals surface area contributed by atoms with Crippen LogP contribution in [0.15, 0.2) is 48.5 Å². The van der Waals surface area contributed by atoms with Crippen molar-refractivity contribution in [1.29, 1.82) is 0 Å². The lowest BCUT2D eigenvalue weighted by Crippen LogP contribution is -2.44. The monoisotopic (exact) mass is 405 g/mol. The van der Waals surface area contributed by atoms with Crippen molar-refractivity contribution in [3.8, 4) is 5.75 Å². The molecule has 2 aromatic rings. The molecule has 0 radical (unpaired) electrons. The number of carbonyl (C=O) groups is 3. The van der Waals surface area contributed by atoms with Crippen molar-refractivity contribution < 1.29 is 23.5 Å². The van der Waals surface area contributed by atoms with Crippen molar-refractivity contribution in [2.75, 3.05) is 23.4 Å². The zero-order valence-electron chi connectivity index (χ0n) is 15.2. The van der Waals surface area contributed by atoms with Gasteiger partial charge in [-0.25, -0.2) is 4.39 Å². The van der Waals surface area contributed by atoms with Crippen molar-refractivity contribution in [2.24, 2.45) is 0 Å². The molecule has 148 valence electrons. The van der Waals surface area contributed by atoms with E-state index in [1.54, 1.807) is 12.1 Å². The molecule has 3 N–H and O–H groups in total. The van der Waals surface area contributed by atoms with Crippen LogP contribution in [0.4, 0.5) is 10.1 Å². The number of nitrogens with one attached hydrogen (secondary N) is 3. The SMILES string of the molecule is Cc1cccc(NC(=O)CSCC(=O)NNC(=O)COc2ccccc2F)c1. The molecule has 0 aromatic heterocycles. The van der Waals surface area contributed by atoms with Gasteiger partial charge in [-0.2, -0.15) is 0 Å². The molecule has 3 amide bonds. The molecule has 28 heavy (non-hydrogen) atoms. The molecule has 0 fully saturated rings. The van der Waals surface area contributed by atoms with Crippen molar-refractivity contribution >= 4 is 35.2 Å².